The number of ether oxygens (including phenoxy) is 1. The zero-order valence-corrected chi connectivity index (χ0v) is 15.2. The third-order valence-corrected chi connectivity index (χ3v) is 6.17. The SMILES string of the molecule is Cc1cnc2c(S(=O)(=O)N3CCO[C@@H](c4nnc(C)o4)C3)cccc2c1. The van der Waals surface area contributed by atoms with Crippen molar-refractivity contribution in [3.05, 3.63) is 47.8 Å². The predicted molar refractivity (Wildman–Crippen MR) is 93.0 cm³/mol. The first-order valence-electron chi connectivity index (χ1n) is 8.22. The Hall–Kier alpha value is -2.36. The summed E-state index contributed by atoms with van der Waals surface area (Å²) in [5.41, 5.74) is 1.44. The molecule has 9 heteroatoms. The van der Waals surface area contributed by atoms with Gasteiger partial charge in [-0.25, -0.2) is 8.42 Å². The molecule has 0 bridgehead atoms. The summed E-state index contributed by atoms with van der Waals surface area (Å²) in [5, 5.41) is 8.52. The Morgan fingerprint density at radius 3 is 2.85 bits per heavy atom. The first kappa shape index (κ1) is 17.1. The second-order valence-electron chi connectivity index (χ2n) is 6.22. The Labute approximate surface area is 150 Å². The van der Waals surface area contributed by atoms with Crippen LogP contribution in [0.2, 0.25) is 0 Å². The molecular formula is C17H18N4O4S. The molecule has 0 aliphatic carbocycles. The van der Waals surface area contributed by atoms with Crippen molar-refractivity contribution in [2.75, 3.05) is 19.7 Å². The number of aryl methyl sites for hydroxylation is 2. The van der Waals surface area contributed by atoms with Crippen LogP contribution in [0.5, 0.6) is 0 Å². The lowest BCUT2D eigenvalue weighted by Crippen LogP contribution is -2.42. The van der Waals surface area contributed by atoms with Crippen molar-refractivity contribution in [2.45, 2.75) is 24.8 Å². The van der Waals surface area contributed by atoms with E-state index < -0.39 is 16.1 Å². The smallest absolute Gasteiger partial charge is 0.246 e. The van der Waals surface area contributed by atoms with Gasteiger partial charge in [0.25, 0.3) is 0 Å². The van der Waals surface area contributed by atoms with Gasteiger partial charge in [0.05, 0.1) is 12.1 Å². The van der Waals surface area contributed by atoms with E-state index in [9.17, 15) is 8.42 Å². The lowest BCUT2D eigenvalue weighted by Gasteiger charge is -2.30. The summed E-state index contributed by atoms with van der Waals surface area (Å²) in [5.74, 6) is 0.700. The summed E-state index contributed by atoms with van der Waals surface area (Å²) in [4.78, 5) is 4.54. The van der Waals surface area contributed by atoms with Gasteiger partial charge in [-0.3, -0.25) is 4.98 Å². The molecule has 26 heavy (non-hydrogen) atoms. The molecule has 0 spiro atoms. The van der Waals surface area contributed by atoms with Crippen molar-refractivity contribution in [2.24, 2.45) is 0 Å². The maximum atomic E-state index is 13.2. The number of benzene rings is 1. The second kappa shape index (κ2) is 6.42. The van der Waals surface area contributed by atoms with Crippen LogP contribution in [0.25, 0.3) is 10.9 Å². The Morgan fingerprint density at radius 2 is 2.08 bits per heavy atom. The molecular weight excluding hydrogens is 356 g/mol. The molecule has 1 aliphatic heterocycles. The summed E-state index contributed by atoms with van der Waals surface area (Å²) >= 11 is 0. The normalized spacial score (nSPS) is 19.1. The van der Waals surface area contributed by atoms with E-state index in [1.54, 1.807) is 25.3 Å². The van der Waals surface area contributed by atoms with E-state index in [0.29, 0.717) is 11.4 Å². The second-order valence-corrected chi connectivity index (χ2v) is 8.13. The Kier molecular flexibility index (Phi) is 4.22. The Balaban J connectivity index is 1.70. The van der Waals surface area contributed by atoms with Crippen LogP contribution in [0.3, 0.4) is 0 Å². The standard InChI is InChI=1S/C17H18N4O4S/c1-11-8-13-4-3-5-15(16(13)18-9-11)26(22,23)21-6-7-24-14(10-21)17-20-19-12(2)25-17/h3-5,8-9,14H,6-7,10H2,1-2H3/t14-/m1/s1. The number of rotatable bonds is 3. The van der Waals surface area contributed by atoms with Gasteiger partial charge in [-0.1, -0.05) is 12.1 Å². The van der Waals surface area contributed by atoms with E-state index in [0.717, 1.165) is 10.9 Å². The van der Waals surface area contributed by atoms with E-state index in [1.807, 2.05) is 19.1 Å². The van der Waals surface area contributed by atoms with Crippen LogP contribution in [0.15, 0.2) is 39.8 Å². The summed E-state index contributed by atoms with van der Waals surface area (Å²) in [6.45, 7) is 4.23. The molecule has 1 aliphatic rings. The molecule has 2 aromatic heterocycles. The van der Waals surface area contributed by atoms with Crippen LogP contribution in [0.4, 0.5) is 0 Å². The highest BCUT2D eigenvalue weighted by Crippen LogP contribution is 2.29. The number of hydrogen-bond donors (Lipinski definition) is 0. The van der Waals surface area contributed by atoms with Gasteiger partial charge < -0.3 is 9.15 Å². The van der Waals surface area contributed by atoms with E-state index in [-0.39, 0.29) is 30.5 Å². The van der Waals surface area contributed by atoms with Gasteiger partial charge in [-0.15, -0.1) is 10.2 Å². The molecule has 136 valence electrons. The van der Waals surface area contributed by atoms with Crippen molar-refractivity contribution < 1.29 is 17.6 Å². The van der Waals surface area contributed by atoms with Gasteiger partial charge in [0, 0.05) is 31.6 Å². The molecule has 0 saturated carbocycles. The molecule has 3 heterocycles. The summed E-state index contributed by atoms with van der Waals surface area (Å²) in [6.07, 6.45) is 1.09. The van der Waals surface area contributed by atoms with Crippen LogP contribution >= 0.6 is 0 Å². The third kappa shape index (κ3) is 2.98. The Morgan fingerprint density at radius 1 is 1.23 bits per heavy atom. The minimum absolute atomic E-state index is 0.117. The maximum Gasteiger partial charge on any atom is 0.246 e. The van der Waals surface area contributed by atoms with Gasteiger partial charge in [0.1, 0.15) is 11.0 Å². The molecule has 3 aromatic rings. The van der Waals surface area contributed by atoms with Crippen molar-refractivity contribution in [1.82, 2.24) is 19.5 Å². The fourth-order valence-electron chi connectivity index (χ4n) is 3.03. The van der Waals surface area contributed by atoms with Crippen LogP contribution in [-0.2, 0) is 14.8 Å². The molecule has 1 fully saturated rings. The highest BCUT2D eigenvalue weighted by molar-refractivity contribution is 7.89. The molecule has 0 amide bonds. The molecule has 4 rings (SSSR count). The number of fused-ring (bicyclic) bond motifs is 1. The third-order valence-electron chi connectivity index (χ3n) is 4.27. The topological polar surface area (TPSA) is 98.4 Å². The highest BCUT2D eigenvalue weighted by Gasteiger charge is 2.34. The van der Waals surface area contributed by atoms with Crippen LogP contribution in [0.1, 0.15) is 23.4 Å². The van der Waals surface area contributed by atoms with Gasteiger partial charge in [-0.05, 0) is 24.6 Å². The summed E-state index contributed by atoms with van der Waals surface area (Å²) < 4.78 is 38.9. The molecule has 0 radical (unpaired) electrons. The first-order chi connectivity index (χ1) is 12.4. The van der Waals surface area contributed by atoms with Gasteiger partial charge in [-0.2, -0.15) is 4.31 Å². The van der Waals surface area contributed by atoms with Crippen molar-refractivity contribution in [3.63, 3.8) is 0 Å². The number of sulfonamides is 1. The lowest BCUT2D eigenvalue weighted by atomic mass is 10.2. The van der Waals surface area contributed by atoms with Crippen molar-refractivity contribution in [1.29, 1.82) is 0 Å². The largest absolute Gasteiger partial charge is 0.423 e. The predicted octanol–water partition coefficient (Wildman–Crippen LogP) is 2.00. The van der Waals surface area contributed by atoms with E-state index >= 15 is 0 Å². The maximum absolute atomic E-state index is 13.2. The molecule has 8 nitrogen and oxygen atoms in total. The highest BCUT2D eigenvalue weighted by atomic mass is 32.2. The molecule has 1 aromatic carbocycles. The number of pyridine rings is 1. The molecule has 1 saturated heterocycles. The minimum atomic E-state index is -3.73. The zero-order chi connectivity index (χ0) is 18.3. The minimum Gasteiger partial charge on any atom is -0.423 e. The average molecular weight is 374 g/mol. The Bertz CT molecular complexity index is 1060. The molecule has 0 N–H and O–H groups in total. The van der Waals surface area contributed by atoms with E-state index in [2.05, 4.69) is 15.2 Å². The van der Waals surface area contributed by atoms with Gasteiger partial charge in [0.2, 0.25) is 21.8 Å². The monoisotopic (exact) mass is 374 g/mol. The van der Waals surface area contributed by atoms with Crippen LogP contribution in [0, 0.1) is 13.8 Å². The molecule has 1 atom stereocenters. The van der Waals surface area contributed by atoms with Crippen molar-refractivity contribution >= 4 is 20.9 Å². The fraction of sp³-hybridized carbons (Fsp3) is 0.353. The molecule has 0 unspecified atom stereocenters. The quantitative estimate of drug-likeness (QED) is 0.691. The number of aromatic nitrogens is 3. The summed E-state index contributed by atoms with van der Waals surface area (Å²) in [7, 11) is -3.73. The average Bonchev–Trinajstić information content (AvgIpc) is 3.07. The van der Waals surface area contributed by atoms with Crippen LogP contribution < -0.4 is 0 Å². The fourth-order valence-corrected chi connectivity index (χ4v) is 4.62. The number of hydrogen-bond acceptors (Lipinski definition) is 7. The van der Waals surface area contributed by atoms with Gasteiger partial charge >= 0.3 is 0 Å². The van der Waals surface area contributed by atoms with Crippen molar-refractivity contribution in [3.8, 4) is 0 Å². The lowest BCUT2D eigenvalue weighted by molar-refractivity contribution is -0.0176. The van der Waals surface area contributed by atoms with E-state index in [1.165, 1.54) is 4.31 Å². The number of morpholine rings is 1. The van der Waals surface area contributed by atoms with Crippen LogP contribution in [-0.4, -0.2) is 47.6 Å². The first-order valence-corrected chi connectivity index (χ1v) is 9.66. The number of para-hydroxylation sites is 1. The summed E-state index contributed by atoms with van der Waals surface area (Å²) in [6, 6.07) is 7.10. The van der Waals surface area contributed by atoms with E-state index in [4.69, 9.17) is 9.15 Å². The van der Waals surface area contributed by atoms with Gasteiger partial charge in [0.15, 0.2) is 0 Å². The zero-order valence-electron chi connectivity index (χ0n) is 14.4. The number of nitrogens with zero attached hydrogens (tertiary/aromatic N) is 4.